The average molecular weight is 354 g/mol. The second kappa shape index (κ2) is 7.91. The molecular weight excluding hydrogens is 332 g/mol. The van der Waals surface area contributed by atoms with Gasteiger partial charge in [0.25, 0.3) is 0 Å². The summed E-state index contributed by atoms with van der Waals surface area (Å²) in [6, 6.07) is 9.81. The van der Waals surface area contributed by atoms with Crippen LogP contribution >= 0.6 is 0 Å². The first-order valence-corrected chi connectivity index (χ1v) is 8.46. The van der Waals surface area contributed by atoms with Gasteiger partial charge in [-0.2, -0.15) is 0 Å². The summed E-state index contributed by atoms with van der Waals surface area (Å²) in [5.41, 5.74) is 4.43. The van der Waals surface area contributed by atoms with E-state index < -0.39 is 6.09 Å². The minimum Gasteiger partial charge on any atom is -0.493 e. The smallest absolute Gasteiger partial charge is 0.407 e. The van der Waals surface area contributed by atoms with Crippen molar-refractivity contribution in [3.8, 4) is 11.5 Å². The highest BCUT2D eigenvalue weighted by Crippen LogP contribution is 2.36. The fraction of sp³-hybridized carbons (Fsp3) is 0.300. The summed E-state index contributed by atoms with van der Waals surface area (Å²) in [7, 11) is 3.23. The summed E-state index contributed by atoms with van der Waals surface area (Å²) >= 11 is 0. The first-order valence-electron chi connectivity index (χ1n) is 8.46. The molecule has 1 aliphatic heterocycles. The lowest BCUT2D eigenvalue weighted by Crippen LogP contribution is -2.35. The van der Waals surface area contributed by atoms with E-state index in [0.717, 1.165) is 16.7 Å². The molecule has 0 spiro atoms. The predicted octanol–water partition coefficient (Wildman–Crippen LogP) is 3.67. The molecule has 1 saturated heterocycles. The molecule has 0 radical (unpaired) electrons. The van der Waals surface area contributed by atoms with Gasteiger partial charge in [0, 0.05) is 25.5 Å². The van der Waals surface area contributed by atoms with Gasteiger partial charge in [-0.05, 0) is 53.8 Å². The van der Waals surface area contributed by atoms with Gasteiger partial charge in [-0.1, -0.05) is 11.6 Å². The number of hydrogen-bond donors (Lipinski definition) is 1. The fourth-order valence-electron chi connectivity index (χ4n) is 3.30. The summed E-state index contributed by atoms with van der Waals surface area (Å²) in [6.45, 7) is 1.01. The number of pyridine rings is 1. The second-order valence-electron chi connectivity index (χ2n) is 6.05. The molecule has 3 rings (SSSR count). The van der Waals surface area contributed by atoms with Crippen LogP contribution in [-0.2, 0) is 0 Å². The van der Waals surface area contributed by atoms with E-state index in [1.165, 1.54) is 10.5 Å². The Bertz CT molecular complexity index is 808. The molecule has 26 heavy (non-hydrogen) atoms. The number of nitrogens with zero attached hydrogens (tertiary/aromatic N) is 2. The maximum absolute atomic E-state index is 11.2. The summed E-state index contributed by atoms with van der Waals surface area (Å²) in [5, 5.41) is 9.19. The van der Waals surface area contributed by atoms with Gasteiger partial charge in [-0.25, -0.2) is 4.79 Å². The van der Waals surface area contributed by atoms with E-state index in [1.807, 2.05) is 30.3 Å². The zero-order valence-electron chi connectivity index (χ0n) is 14.9. The van der Waals surface area contributed by atoms with Crippen LogP contribution in [0.4, 0.5) is 4.79 Å². The van der Waals surface area contributed by atoms with Crippen molar-refractivity contribution >= 4 is 11.7 Å². The number of amides is 1. The molecule has 0 aliphatic carbocycles. The highest BCUT2D eigenvalue weighted by Gasteiger charge is 2.22. The molecule has 1 fully saturated rings. The van der Waals surface area contributed by atoms with E-state index in [4.69, 9.17) is 9.47 Å². The maximum atomic E-state index is 11.2. The Balaban J connectivity index is 2.06. The lowest BCUT2D eigenvalue weighted by atomic mass is 9.88. The number of aromatic nitrogens is 1. The molecule has 1 aromatic heterocycles. The van der Waals surface area contributed by atoms with Crippen LogP contribution in [-0.4, -0.2) is 48.4 Å². The number of carboxylic acid groups (broad SMARTS) is 1. The molecule has 0 bridgehead atoms. The average Bonchev–Trinajstić information content (AvgIpc) is 2.69. The minimum atomic E-state index is -0.861. The van der Waals surface area contributed by atoms with Gasteiger partial charge in [0.05, 0.1) is 14.2 Å². The molecule has 0 unspecified atom stereocenters. The normalized spacial score (nSPS) is 14.1. The number of rotatable bonds is 4. The first-order chi connectivity index (χ1) is 12.6. The molecule has 6 heteroatoms. The van der Waals surface area contributed by atoms with E-state index in [2.05, 4.69) is 4.98 Å². The van der Waals surface area contributed by atoms with Crippen LogP contribution in [0.3, 0.4) is 0 Å². The number of methoxy groups -OCH3 is 2. The quantitative estimate of drug-likeness (QED) is 0.907. The van der Waals surface area contributed by atoms with Crippen LogP contribution in [0.5, 0.6) is 11.5 Å². The van der Waals surface area contributed by atoms with Crippen molar-refractivity contribution in [3.05, 3.63) is 59.4 Å². The van der Waals surface area contributed by atoms with Crippen molar-refractivity contribution in [2.45, 2.75) is 12.8 Å². The van der Waals surface area contributed by atoms with E-state index in [-0.39, 0.29) is 0 Å². The summed E-state index contributed by atoms with van der Waals surface area (Å²) in [4.78, 5) is 16.8. The van der Waals surface area contributed by atoms with Crippen molar-refractivity contribution < 1.29 is 19.4 Å². The SMILES string of the molecule is COc1ccc(C(=C2CCN(C(=O)O)CC2)c2ccncc2)cc1OC. The van der Waals surface area contributed by atoms with Crippen LogP contribution in [0.15, 0.2) is 48.3 Å². The van der Waals surface area contributed by atoms with E-state index in [1.54, 1.807) is 26.6 Å². The number of piperidine rings is 1. The Kier molecular flexibility index (Phi) is 5.41. The van der Waals surface area contributed by atoms with Gasteiger partial charge in [-0.3, -0.25) is 4.98 Å². The molecule has 1 amide bonds. The fourth-order valence-corrected chi connectivity index (χ4v) is 3.30. The van der Waals surface area contributed by atoms with E-state index in [9.17, 15) is 9.90 Å². The number of hydrogen-bond acceptors (Lipinski definition) is 4. The molecule has 1 N–H and O–H groups in total. The standard InChI is InChI=1S/C20H22N2O4/c1-25-17-4-3-16(13-18(17)26-2)19(14-5-9-21-10-6-14)15-7-11-22(12-8-15)20(23)24/h3-6,9-10,13H,7-8,11-12H2,1-2H3,(H,23,24). The summed E-state index contributed by atoms with van der Waals surface area (Å²) in [5.74, 6) is 1.34. The number of benzene rings is 1. The van der Waals surface area contributed by atoms with Gasteiger partial charge in [0.15, 0.2) is 11.5 Å². The van der Waals surface area contributed by atoms with E-state index >= 15 is 0 Å². The zero-order valence-corrected chi connectivity index (χ0v) is 14.9. The van der Waals surface area contributed by atoms with Crippen molar-refractivity contribution in [2.24, 2.45) is 0 Å². The van der Waals surface area contributed by atoms with Crippen LogP contribution in [0.1, 0.15) is 24.0 Å². The van der Waals surface area contributed by atoms with E-state index in [0.29, 0.717) is 37.4 Å². The molecule has 136 valence electrons. The summed E-state index contributed by atoms with van der Waals surface area (Å²) in [6.07, 6.45) is 4.09. The molecule has 6 nitrogen and oxygen atoms in total. The van der Waals surface area contributed by atoms with Crippen LogP contribution in [0.2, 0.25) is 0 Å². The van der Waals surface area contributed by atoms with Crippen LogP contribution in [0.25, 0.3) is 5.57 Å². The molecule has 0 saturated carbocycles. The number of carbonyl (C=O) groups is 1. The number of ether oxygens (including phenoxy) is 2. The predicted molar refractivity (Wildman–Crippen MR) is 98.6 cm³/mol. The molecule has 1 aliphatic rings. The minimum absolute atomic E-state index is 0.506. The van der Waals surface area contributed by atoms with Gasteiger partial charge in [-0.15, -0.1) is 0 Å². The molecule has 0 atom stereocenters. The van der Waals surface area contributed by atoms with Crippen molar-refractivity contribution in [1.29, 1.82) is 0 Å². The van der Waals surface area contributed by atoms with Crippen LogP contribution < -0.4 is 9.47 Å². The topological polar surface area (TPSA) is 71.9 Å². The monoisotopic (exact) mass is 354 g/mol. The Labute approximate surface area is 152 Å². The lowest BCUT2D eigenvalue weighted by Gasteiger charge is -2.28. The van der Waals surface area contributed by atoms with Crippen LogP contribution in [0, 0.1) is 0 Å². The Morgan fingerprint density at radius 1 is 1.00 bits per heavy atom. The molecular formula is C20H22N2O4. The Morgan fingerprint density at radius 2 is 1.65 bits per heavy atom. The third-order valence-corrected chi connectivity index (χ3v) is 4.63. The largest absolute Gasteiger partial charge is 0.493 e. The number of likely N-dealkylation sites (tertiary alicyclic amines) is 1. The second-order valence-corrected chi connectivity index (χ2v) is 6.05. The maximum Gasteiger partial charge on any atom is 0.407 e. The Morgan fingerprint density at radius 3 is 2.23 bits per heavy atom. The van der Waals surface area contributed by atoms with Gasteiger partial charge >= 0.3 is 6.09 Å². The molecule has 1 aromatic carbocycles. The Hall–Kier alpha value is -3.02. The lowest BCUT2D eigenvalue weighted by molar-refractivity contribution is 0.142. The zero-order chi connectivity index (χ0) is 18.5. The van der Waals surface area contributed by atoms with Crippen molar-refractivity contribution in [2.75, 3.05) is 27.3 Å². The summed E-state index contributed by atoms with van der Waals surface area (Å²) < 4.78 is 10.8. The van der Waals surface area contributed by atoms with Gasteiger partial charge in [0.2, 0.25) is 0 Å². The van der Waals surface area contributed by atoms with Crippen molar-refractivity contribution in [1.82, 2.24) is 9.88 Å². The highest BCUT2D eigenvalue weighted by molar-refractivity contribution is 5.83. The molecule has 2 aromatic rings. The van der Waals surface area contributed by atoms with Gasteiger partial charge < -0.3 is 19.5 Å². The van der Waals surface area contributed by atoms with Gasteiger partial charge in [0.1, 0.15) is 0 Å². The first kappa shape index (κ1) is 17.8. The third kappa shape index (κ3) is 3.64. The molecule has 2 heterocycles. The third-order valence-electron chi connectivity index (χ3n) is 4.63. The van der Waals surface area contributed by atoms with Crippen molar-refractivity contribution in [3.63, 3.8) is 0 Å². The highest BCUT2D eigenvalue weighted by atomic mass is 16.5.